The van der Waals surface area contributed by atoms with Gasteiger partial charge in [0, 0.05) is 24.0 Å². The van der Waals surface area contributed by atoms with E-state index in [4.69, 9.17) is 0 Å². The van der Waals surface area contributed by atoms with Gasteiger partial charge in [0.25, 0.3) is 0 Å². The van der Waals surface area contributed by atoms with Crippen molar-refractivity contribution >= 4 is 0 Å². The largest absolute Gasteiger partial charge is 0.317 e. The van der Waals surface area contributed by atoms with Crippen molar-refractivity contribution in [3.63, 3.8) is 0 Å². The molecule has 4 heteroatoms. The predicted octanol–water partition coefficient (Wildman–Crippen LogP) is 1.49. The second-order valence-corrected chi connectivity index (χ2v) is 3.35. The zero-order chi connectivity index (χ0) is 10.1. The lowest BCUT2D eigenvalue weighted by Crippen LogP contribution is -1.96. The van der Waals surface area contributed by atoms with Crippen molar-refractivity contribution < 1.29 is 0 Å². The Morgan fingerprint density at radius 1 is 1.21 bits per heavy atom. The van der Waals surface area contributed by atoms with Crippen LogP contribution in [0, 0.1) is 13.8 Å². The number of nitrogens with zero attached hydrogens (tertiary/aromatic N) is 4. The summed E-state index contributed by atoms with van der Waals surface area (Å²) in [6.45, 7) is 3.96. The van der Waals surface area contributed by atoms with E-state index in [1.807, 2.05) is 37.6 Å². The molecule has 0 spiro atoms. The molecule has 4 nitrogen and oxygen atoms in total. The number of aryl methyl sites for hydroxylation is 3. The Morgan fingerprint density at radius 3 is 2.57 bits per heavy atom. The van der Waals surface area contributed by atoms with Gasteiger partial charge in [0.1, 0.15) is 6.33 Å². The minimum absolute atomic E-state index is 0.856. The van der Waals surface area contributed by atoms with Crippen LogP contribution in [0.5, 0.6) is 0 Å². The van der Waals surface area contributed by atoms with Gasteiger partial charge in [-0.15, -0.1) is 10.2 Å². The normalized spacial score (nSPS) is 10.5. The van der Waals surface area contributed by atoms with Gasteiger partial charge in [-0.3, -0.25) is 4.98 Å². The molecule has 0 unspecified atom stereocenters. The molecule has 2 aromatic heterocycles. The van der Waals surface area contributed by atoms with Crippen LogP contribution in [-0.4, -0.2) is 19.7 Å². The minimum atomic E-state index is 0.856. The van der Waals surface area contributed by atoms with E-state index < -0.39 is 0 Å². The zero-order valence-corrected chi connectivity index (χ0v) is 8.52. The maximum atomic E-state index is 4.39. The Labute approximate surface area is 82.6 Å². The summed E-state index contributed by atoms with van der Waals surface area (Å²) in [5, 5.41) is 7.90. The van der Waals surface area contributed by atoms with Crippen LogP contribution in [0.2, 0.25) is 0 Å². The topological polar surface area (TPSA) is 43.6 Å². The van der Waals surface area contributed by atoms with E-state index in [-0.39, 0.29) is 0 Å². The molecule has 0 amide bonds. The van der Waals surface area contributed by atoms with Gasteiger partial charge in [0.2, 0.25) is 0 Å². The predicted molar refractivity (Wildman–Crippen MR) is 53.7 cm³/mol. The van der Waals surface area contributed by atoms with Crippen molar-refractivity contribution in [1.82, 2.24) is 19.7 Å². The minimum Gasteiger partial charge on any atom is -0.317 e. The molecule has 2 aromatic rings. The molecule has 0 N–H and O–H groups in total. The summed E-state index contributed by atoms with van der Waals surface area (Å²) in [4.78, 5) is 4.39. The Balaban J connectivity index is 2.58. The highest BCUT2D eigenvalue weighted by atomic mass is 15.2. The van der Waals surface area contributed by atoms with Gasteiger partial charge in [-0.2, -0.15) is 0 Å². The first-order valence-electron chi connectivity index (χ1n) is 4.47. The van der Waals surface area contributed by atoms with Crippen LogP contribution in [0.1, 0.15) is 11.4 Å². The second kappa shape index (κ2) is 3.21. The molecule has 72 valence electrons. The van der Waals surface area contributed by atoms with E-state index in [0.717, 1.165) is 22.8 Å². The van der Waals surface area contributed by atoms with Crippen LogP contribution in [0.3, 0.4) is 0 Å². The molecule has 0 aliphatic carbocycles. The lowest BCUT2D eigenvalue weighted by molar-refractivity contribution is 0.915. The summed E-state index contributed by atoms with van der Waals surface area (Å²) in [6.07, 6.45) is 1.69. The highest BCUT2D eigenvalue weighted by molar-refractivity contribution is 5.57. The first kappa shape index (κ1) is 8.87. The first-order chi connectivity index (χ1) is 6.68. The van der Waals surface area contributed by atoms with E-state index in [9.17, 15) is 0 Å². The molecule has 14 heavy (non-hydrogen) atoms. The highest BCUT2D eigenvalue weighted by Crippen LogP contribution is 2.18. The fraction of sp³-hybridized carbons (Fsp3) is 0.300. The van der Waals surface area contributed by atoms with Crippen molar-refractivity contribution in [2.45, 2.75) is 13.8 Å². The molecule has 0 aliphatic rings. The van der Waals surface area contributed by atoms with Gasteiger partial charge in [0.05, 0.1) is 0 Å². The van der Waals surface area contributed by atoms with Gasteiger partial charge >= 0.3 is 0 Å². The van der Waals surface area contributed by atoms with Crippen LogP contribution >= 0.6 is 0 Å². The van der Waals surface area contributed by atoms with Crippen molar-refractivity contribution in [2.24, 2.45) is 7.05 Å². The number of aromatic nitrogens is 4. The highest BCUT2D eigenvalue weighted by Gasteiger charge is 2.07. The fourth-order valence-corrected chi connectivity index (χ4v) is 1.45. The summed E-state index contributed by atoms with van der Waals surface area (Å²) < 4.78 is 1.89. The van der Waals surface area contributed by atoms with Crippen molar-refractivity contribution in [3.8, 4) is 11.4 Å². The van der Waals surface area contributed by atoms with Crippen molar-refractivity contribution in [1.29, 1.82) is 0 Å². The summed E-state index contributed by atoms with van der Waals surface area (Å²) >= 11 is 0. The third-order valence-electron chi connectivity index (χ3n) is 2.18. The Kier molecular flexibility index (Phi) is 2.04. The van der Waals surface area contributed by atoms with Gasteiger partial charge < -0.3 is 4.57 Å². The van der Waals surface area contributed by atoms with Gasteiger partial charge in [-0.1, -0.05) is 0 Å². The Morgan fingerprint density at radius 2 is 2.00 bits per heavy atom. The van der Waals surface area contributed by atoms with E-state index in [1.165, 1.54) is 0 Å². The van der Waals surface area contributed by atoms with Crippen LogP contribution in [-0.2, 0) is 7.05 Å². The van der Waals surface area contributed by atoms with Crippen LogP contribution in [0.15, 0.2) is 18.5 Å². The molecule has 2 rings (SSSR count). The molecule has 0 saturated heterocycles. The summed E-state index contributed by atoms with van der Waals surface area (Å²) in [7, 11) is 1.93. The number of hydrogen-bond acceptors (Lipinski definition) is 3. The molecule has 0 aromatic carbocycles. The van der Waals surface area contributed by atoms with Crippen LogP contribution < -0.4 is 0 Å². The maximum absolute atomic E-state index is 4.39. The molecule has 0 atom stereocenters. The second-order valence-electron chi connectivity index (χ2n) is 3.35. The first-order valence-corrected chi connectivity index (χ1v) is 4.47. The molecular weight excluding hydrogens is 176 g/mol. The molecule has 0 aliphatic heterocycles. The maximum Gasteiger partial charge on any atom is 0.165 e. The van der Waals surface area contributed by atoms with Crippen molar-refractivity contribution in [3.05, 3.63) is 29.8 Å². The average Bonchev–Trinajstić information content (AvgIpc) is 2.52. The number of hydrogen-bond donors (Lipinski definition) is 0. The lowest BCUT2D eigenvalue weighted by atomic mass is 10.2. The fourth-order valence-electron chi connectivity index (χ4n) is 1.45. The Hall–Kier alpha value is -1.71. The SMILES string of the molecule is Cc1ccc(-c2nncn2C)c(C)n1. The summed E-state index contributed by atoms with van der Waals surface area (Å²) in [5.74, 6) is 0.856. The lowest BCUT2D eigenvalue weighted by Gasteiger charge is -2.04. The molecular formula is C10H12N4. The van der Waals surface area contributed by atoms with Gasteiger partial charge in [-0.05, 0) is 26.0 Å². The monoisotopic (exact) mass is 188 g/mol. The quantitative estimate of drug-likeness (QED) is 0.681. The summed E-state index contributed by atoms with van der Waals surface area (Å²) in [6, 6.07) is 4.01. The van der Waals surface area contributed by atoms with Gasteiger partial charge in [0.15, 0.2) is 5.82 Å². The molecule has 2 heterocycles. The third kappa shape index (κ3) is 1.39. The third-order valence-corrected chi connectivity index (χ3v) is 2.18. The molecule has 0 saturated carbocycles. The standard InChI is InChI=1S/C10H12N4/c1-7-4-5-9(8(2)12-7)10-13-11-6-14(10)3/h4-6H,1-3H3. The van der Waals surface area contributed by atoms with E-state index in [1.54, 1.807) is 6.33 Å². The zero-order valence-electron chi connectivity index (χ0n) is 8.52. The average molecular weight is 188 g/mol. The summed E-state index contributed by atoms with van der Waals surface area (Å²) in [5.41, 5.74) is 3.05. The van der Waals surface area contributed by atoms with E-state index >= 15 is 0 Å². The molecule has 0 radical (unpaired) electrons. The number of pyridine rings is 1. The van der Waals surface area contributed by atoms with E-state index in [2.05, 4.69) is 15.2 Å². The molecule has 0 fully saturated rings. The van der Waals surface area contributed by atoms with Crippen LogP contribution in [0.4, 0.5) is 0 Å². The van der Waals surface area contributed by atoms with E-state index in [0.29, 0.717) is 0 Å². The van der Waals surface area contributed by atoms with Crippen LogP contribution in [0.25, 0.3) is 11.4 Å². The van der Waals surface area contributed by atoms with Crippen molar-refractivity contribution in [2.75, 3.05) is 0 Å². The number of rotatable bonds is 1. The smallest absolute Gasteiger partial charge is 0.165 e. The molecule has 0 bridgehead atoms. The Bertz CT molecular complexity index is 459. The van der Waals surface area contributed by atoms with Gasteiger partial charge in [-0.25, -0.2) is 0 Å².